The highest BCUT2D eigenvalue weighted by Crippen LogP contribution is 2.09. The minimum Gasteiger partial charge on any atom is -0.391 e. The first-order valence-electron chi connectivity index (χ1n) is 7.37. The van der Waals surface area contributed by atoms with Crippen molar-refractivity contribution in [1.29, 1.82) is 0 Å². The summed E-state index contributed by atoms with van der Waals surface area (Å²) in [5, 5.41) is 17.1. The average Bonchev–Trinajstić information content (AvgIpc) is 3.06. The quantitative estimate of drug-likeness (QED) is 0.610. The maximum atomic E-state index is 9.63. The molecule has 0 radical (unpaired) electrons. The number of guanidine groups is 1. The van der Waals surface area contributed by atoms with Gasteiger partial charge in [0.05, 0.1) is 6.10 Å². The first-order valence-corrected chi connectivity index (χ1v) is 7.37. The van der Waals surface area contributed by atoms with Gasteiger partial charge in [-0.3, -0.25) is 9.67 Å². The van der Waals surface area contributed by atoms with Gasteiger partial charge in [-0.25, -0.2) is 0 Å². The van der Waals surface area contributed by atoms with Gasteiger partial charge < -0.3 is 15.3 Å². The van der Waals surface area contributed by atoms with E-state index >= 15 is 0 Å². The number of β-amino-alcohol motifs (C(OH)–C–C–N with tert-alkyl or cyclic N) is 1. The molecule has 0 aliphatic carbocycles. The predicted molar refractivity (Wildman–Crippen MR) is 79.6 cm³/mol. The van der Waals surface area contributed by atoms with Gasteiger partial charge in [0.2, 0.25) is 0 Å². The Morgan fingerprint density at radius 2 is 2.45 bits per heavy atom. The molecule has 0 amide bonds. The maximum absolute atomic E-state index is 9.63. The van der Waals surface area contributed by atoms with Crippen molar-refractivity contribution in [2.75, 3.05) is 26.2 Å². The summed E-state index contributed by atoms with van der Waals surface area (Å²) in [5.74, 6) is 1.34. The van der Waals surface area contributed by atoms with Gasteiger partial charge in [0.1, 0.15) is 0 Å². The highest BCUT2D eigenvalue weighted by atomic mass is 16.3. The molecule has 0 aromatic carbocycles. The Hall–Kier alpha value is -1.56. The van der Waals surface area contributed by atoms with Gasteiger partial charge in [-0.05, 0) is 25.3 Å². The van der Waals surface area contributed by atoms with Gasteiger partial charge in [-0.15, -0.1) is 0 Å². The van der Waals surface area contributed by atoms with Gasteiger partial charge in [-0.1, -0.05) is 6.92 Å². The molecule has 0 saturated carbocycles. The Balaban J connectivity index is 1.88. The molecule has 0 spiro atoms. The van der Waals surface area contributed by atoms with Crippen LogP contribution < -0.4 is 5.32 Å². The second-order valence-electron chi connectivity index (χ2n) is 5.42. The van der Waals surface area contributed by atoms with Crippen LogP contribution in [0.3, 0.4) is 0 Å². The smallest absolute Gasteiger partial charge is 0.194 e. The van der Waals surface area contributed by atoms with Crippen LogP contribution in [0.4, 0.5) is 0 Å². The third-order valence-electron chi connectivity index (χ3n) is 3.41. The Labute approximate surface area is 120 Å². The van der Waals surface area contributed by atoms with E-state index in [1.54, 1.807) is 6.20 Å². The monoisotopic (exact) mass is 279 g/mol. The Morgan fingerprint density at radius 1 is 1.60 bits per heavy atom. The number of likely N-dealkylation sites (tertiary alicyclic amines) is 1. The number of aliphatic imine (C=N–C) groups is 1. The second-order valence-corrected chi connectivity index (χ2v) is 5.42. The van der Waals surface area contributed by atoms with Crippen molar-refractivity contribution >= 4 is 5.96 Å². The summed E-state index contributed by atoms with van der Waals surface area (Å²) in [5.41, 5.74) is 0. The van der Waals surface area contributed by atoms with E-state index in [0.29, 0.717) is 12.5 Å². The largest absolute Gasteiger partial charge is 0.391 e. The first-order chi connectivity index (χ1) is 9.69. The standard InChI is InChI=1S/C14H25N5O/c1-3-15-14(18-8-5-13(20)11-18)16-9-12(2)10-19-7-4-6-17-19/h4,6-7,12-13,20H,3,5,8-11H2,1-2H3,(H,15,16)/t12?,13-/m1/s1. The topological polar surface area (TPSA) is 65.7 Å². The van der Waals surface area contributed by atoms with Crippen LogP contribution in [-0.2, 0) is 6.54 Å². The Morgan fingerprint density at radius 3 is 3.05 bits per heavy atom. The van der Waals surface area contributed by atoms with Gasteiger partial charge in [0, 0.05) is 45.1 Å². The first kappa shape index (κ1) is 14.8. The van der Waals surface area contributed by atoms with Crippen LogP contribution in [0.2, 0.25) is 0 Å². The summed E-state index contributed by atoms with van der Waals surface area (Å²) in [6, 6.07) is 1.94. The third kappa shape index (κ3) is 4.23. The number of rotatable bonds is 5. The fraction of sp³-hybridized carbons (Fsp3) is 0.714. The molecule has 20 heavy (non-hydrogen) atoms. The normalized spacial score (nSPS) is 21.2. The summed E-state index contributed by atoms with van der Waals surface area (Å²) in [6.45, 7) is 8.27. The van der Waals surface area contributed by atoms with E-state index in [2.05, 4.69) is 34.2 Å². The van der Waals surface area contributed by atoms with Gasteiger partial charge in [0.15, 0.2) is 5.96 Å². The predicted octanol–water partition coefficient (Wildman–Crippen LogP) is 0.551. The van der Waals surface area contributed by atoms with Crippen LogP contribution >= 0.6 is 0 Å². The molecule has 2 heterocycles. The van der Waals surface area contributed by atoms with Gasteiger partial charge >= 0.3 is 0 Å². The second kappa shape index (κ2) is 7.28. The lowest BCUT2D eigenvalue weighted by Crippen LogP contribution is -2.40. The van der Waals surface area contributed by atoms with Crippen molar-refractivity contribution in [3.05, 3.63) is 18.5 Å². The minimum absolute atomic E-state index is 0.222. The molecule has 6 nitrogen and oxygen atoms in total. The molecule has 0 bridgehead atoms. The van der Waals surface area contributed by atoms with E-state index < -0.39 is 0 Å². The van der Waals surface area contributed by atoms with E-state index in [0.717, 1.165) is 38.6 Å². The molecule has 1 fully saturated rings. The van der Waals surface area contributed by atoms with Crippen molar-refractivity contribution in [2.45, 2.75) is 32.9 Å². The maximum Gasteiger partial charge on any atom is 0.194 e. The number of aromatic nitrogens is 2. The number of aliphatic hydroxyl groups is 1. The summed E-state index contributed by atoms with van der Waals surface area (Å²) >= 11 is 0. The molecule has 2 N–H and O–H groups in total. The molecule has 6 heteroatoms. The zero-order chi connectivity index (χ0) is 14.4. The fourth-order valence-corrected chi connectivity index (χ4v) is 2.39. The summed E-state index contributed by atoms with van der Waals surface area (Å²) in [4.78, 5) is 6.82. The summed E-state index contributed by atoms with van der Waals surface area (Å²) in [7, 11) is 0. The summed E-state index contributed by atoms with van der Waals surface area (Å²) in [6.07, 6.45) is 4.38. The van der Waals surface area contributed by atoms with Crippen LogP contribution in [0.25, 0.3) is 0 Å². The third-order valence-corrected chi connectivity index (χ3v) is 3.41. The van der Waals surface area contributed by atoms with E-state index in [1.807, 2.05) is 16.9 Å². The van der Waals surface area contributed by atoms with Crippen LogP contribution in [0, 0.1) is 5.92 Å². The highest BCUT2D eigenvalue weighted by Gasteiger charge is 2.22. The molecule has 1 aromatic heterocycles. The zero-order valence-electron chi connectivity index (χ0n) is 12.4. The van der Waals surface area contributed by atoms with Crippen LogP contribution in [-0.4, -0.2) is 58.0 Å². The Kier molecular flexibility index (Phi) is 5.40. The molecular weight excluding hydrogens is 254 g/mol. The van der Waals surface area contributed by atoms with E-state index in [-0.39, 0.29) is 6.10 Å². The molecule has 1 unspecified atom stereocenters. The number of aliphatic hydroxyl groups excluding tert-OH is 1. The van der Waals surface area contributed by atoms with Crippen LogP contribution in [0.15, 0.2) is 23.5 Å². The van der Waals surface area contributed by atoms with Crippen LogP contribution in [0.1, 0.15) is 20.3 Å². The van der Waals surface area contributed by atoms with E-state index in [4.69, 9.17) is 0 Å². The zero-order valence-corrected chi connectivity index (χ0v) is 12.4. The van der Waals surface area contributed by atoms with Crippen molar-refractivity contribution in [1.82, 2.24) is 20.0 Å². The Bertz CT molecular complexity index is 417. The highest BCUT2D eigenvalue weighted by molar-refractivity contribution is 5.80. The van der Waals surface area contributed by atoms with Crippen molar-refractivity contribution < 1.29 is 5.11 Å². The van der Waals surface area contributed by atoms with Crippen LogP contribution in [0.5, 0.6) is 0 Å². The number of nitrogens with zero attached hydrogens (tertiary/aromatic N) is 4. The SMILES string of the molecule is CCNC(=NCC(C)Cn1cccn1)N1CC[C@@H](O)C1. The lowest BCUT2D eigenvalue weighted by molar-refractivity contribution is 0.187. The van der Waals surface area contributed by atoms with Crippen molar-refractivity contribution in [3.8, 4) is 0 Å². The van der Waals surface area contributed by atoms with E-state index in [1.165, 1.54) is 0 Å². The molecule has 112 valence electrons. The van der Waals surface area contributed by atoms with Crippen molar-refractivity contribution in [3.63, 3.8) is 0 Å². The van der Waals surface area contributed by atoms with E-state index in [9.17, 15) is 5.11 Å². The van der Waals surface area contributed by atoms with Gasteiger partial charge in [-0.2, -0.15) is 5.10 Å². The number of hydrogen-bond acceptors (Lipinski definition) is 3. The average molecular weight is 279 g/mol. The molecule has 2 rings (SSSR count). The minimum atomic E-state index is -0.222. The van der Waals surface area contributed by atoms with Gasteiger partial charge in [0.25, 0.3) is 0 Å². The molecule has 1 aliphatic rings. The fourth-order valence-electron chi connectivity index (χ4n) is 2.39. The lowest BCUT2D eigenvalue weighted by atomic mass is 10.2. The molecule has 1 aromatic rings. The van der Waals surface area contributed by atoms with Crippen molar-refractivity contribution in [2.24, 2.45) is 10.9 Å². The number of hydrogen-bond donors (Lipinski definition) is 2. The summed E-state index contributed by atoms with van der Waals surface area (Å²) < 4.78 is 1.94. The molecule has 2 atom stereocenters. The molecular formula is C14H25N5O. The lowest BCUT2D eigenvalue weighted by Gasteiger charge is -2.21. The molecule has 1 aliphatic heterocycles. The number of nitrogens with one attached hydrogen (secondary N) is 1. The molecule has 1 saturated heterocycles.